The number of pyridine rings is 1. The van der Waals surface area contributed by atoms with Crippen molar-refractivity contribution in [3.8, 4) is 33.4 Å². The highest BCUT2D eigenvalue weighted by Crippen LogP contribution is 2.64. The highest BCUT2D eigenvalue weighted by atomic mass is 15.3. The molecule has 1 aromatic heterocycles. The number of anilines is 2. The van der Waals surface area contributed by atoms with Crippen LogP contribution in [0.3, 0.4) is 0 Å². The molecule has 0 saturated heterocycles. The van der Waals surface area contributed by atoms with E-state index in [-0.39, 0.29) is 16.4 Å². The van der Waals surface area contributed by atoms with Crippen molar-refractivity contribution < 1.29 is 0 Å². The highest BCUT2D eigenvalue weighted by Gasteiger charge is 2.58. The van der Waals surface area contributed by atoms with E-state index in [9.17, 15) is 0 Å². The molecule has 0 radical (unpaired) electrons. The number of aromatic nitrogens is 1. The summed E-state index contributed by atoms with van der Waals surface area (Å²) in [7, 11) is 0. The Morgan fingerprint density at radius 3 is 1.67 bits per heavy atom. The zero-order valence-electron chi connectivity index (χ0n) is 26.4. The van der Waals surface area contributed by atoms with Gasteiger partial charge in [0, 0.05) is 29.2 Å². The molecule has 10 rings (SSSR count). The van der Waals surface area contributed by atoms with Crippen LogP contribution in [0.1, 0.15) is 67.3 Å². The maximum Gasteiger partial charge on any atom is 0.0725 e. The van der Waals surface area contributed by atoms with Gasteiger partial charge in [-0.25, -0.2) is 0 Å². The summed E-state index contributed by atoms with van der Waals surface area (Å²) >= 11 is 0. The number of hydrogen-bond donors (Lipinski definition) is 0. The number of fused-ring (bicyclic) bond motifs is 13. The second kappa shape index (κ2) is 9.07. The van der Waals surface area contributed by atoms with E-state index < -0.39 is 0 Å². The summed E-state index contributed by atoms with van der Waals surface area (Å²) in [5.41, 5.74) is 17.4. The van der Waals surface area contributed by atoms with Crippen molar-refractivity contribution in [3.63, 3.8) is 0 Å². The minimum absolute atomic E-state index is 0.0223. The first-order valence-corrected chi connectivity index (χ1v) is 16.8. The van der Waals surface area contributed by atoms with Gasteiger partial charge in [0.05, 0.1) is 11.0 Å². The summed E-state index contributed by atoms with van der Waals surface area (Å²) in [5.74, 6) is 0. The topological polar surface area (TPSA) is 16.1 Å². The fourth-order valence-electron chi connectivity index (χ4n) is 10.1. The first-order chi connectivity index (χ1) is 22.6. The van der Waals surface area contributed by atoms with Crippen LogP contribution in [0.4, 0.5) is 11.4 Å². The average Bonchev–Trinajstić information content (AvgIpc) is 3.65. The molecule has 1 aliphatic heterocycles. The molecular formula is C44H36N2. The van der Waals surface area contributed by atoms with Gasteiger partial charge in [0.15, 0.2) is 0 Å². The van der Waals surface area contributed by atoms with Gasteiger partial charge in [0.25, 0.3) is 0 Å². The van der Waals surface area contributed by atoms with Gasteiger partial charge in [-0.15, -0.1) is 0 Å². The van der Waals surface area contributed by atoms with Gasteiger partial charge >= 0.3 is 0 Å². The number of hydrogen-bond acceptors (Lipinski definition) is 2. The predicted octanol–water partition coefficient (Wildman–Crippen LogP) is 10.8. The van der Waals surface area contributed by atoms with Crippen LogP contribution < -0.4 is 4.90 Å². The molecule has 0 amide bonds. The molecule has 46 heavy (non-hydrogen) atoms. The van der Waals surface area contributed by atoms with Crippen molar-refractivity contribution in [2.24, 2.45) is 0 Å². The number of benzene rings is 5. The van der Waals surface area contributed by atoms with E-state index in [4.69, 9.17) is 0 Å². The van der Waals surface area contributed by atoms with Crippen molar-refractivity contribution in [2.45, 2.75) is 55.9 Å². The second-order valence-electron chi connectivity index (χ2n) is 14.2. The van der Waals surface area contributed by atoms with Crippen LogP contribution in [-0.2, 0) is 10.8 Å². The van der Waals surface area contributed by atoms with Gasteiger partial charge < -0.3 is 4.90 Å². The summed E-state index contributed by atoms with van der Waals surface area (Å²) < 4.78 is 0. The van der Waals surface area contributed by atoms with Gasteiger partial charge in [-0.1, -0.05) is 111 Å². The maximum atomic E-state index is 4.35. The Kier molecular flexibility index (Phi) is 5.18. The largest absolute Gasteiger partial charge is 0.334 e. The summed E-state index contributed by atoms with van der Waals surface area (Å²) in [6.07, 6.45) is 8.81. The third-order valence-corrected chi connectivity index (χ3v) is 12.4. The molecule has 1 spiro atoms. The van der Waals surface area contributed by atoms with E-state index >= 15 is 0 Å². The Bertz CT molecular complexity index is 2150. The Labute approximate surface area is 271 Å². The van der Waals surface area contributed by atoms with Gasteiger partial charge in [-0.2, -0.15) is 0 Å². The molecule has 2 unspecified atom stereocenters. The van der Waals surface area contributed by atoms with E-state index in [1.54, 1.807) is 0 Å². The molecule has 222 valence electrons. The normalized spacial score (nSPS) is 22.5. The van der Waals surface area contributed by atoms with Crippen molar-refractivity contribution >= 4 is 11.4 Å². The number of nitrogens with zero attached hydrogens (tertiary/aromatic N) is 2. The lowest BCUT2D eigenvalue weighted by atomic mass is 9.61. The second-order valence-corrected chi connectivity index (χ2v) is 14.2. The van der Waals surface area contributed by atoms with Crippen molar-refractivity contribution in [1.29, 1.82) is 0 Å². The molecule has 0 N–H and O–H groups in total. The summed E-state index contributed by atoms with van der Waals surface area (Å²) in [6.45, 7) is 5.02. The zero-order valence-corrected chi connectivity index (χ0v) is 26.4. The van der Waals surface area contributed by atoms with E-state index in [2.05, 4.69) is 145 Å². The molecule has 4 aliphatic rings. The monoisotopic (exact) mass is 592 g/mol. The Balaban J connectivity index is 1.20. The summed E-state index contributed by atoms with van der Waals surface area (Å²) in [4.78, 5) is 6.98. The fraction of sp³-hybridized carbons (Fsp3) is 0.205. The number of rotatable bonds is 2. The SMILES string of the molecule is CC12CCCCC1(C)N(c1ccncc1)c1ccc(-c3ccc4c(c3)C3(c5ccccc5-c5ccccc53)c3ccccc3-4)cc12. The molecule has 3 aliphatic carbocycles. The van der Waals surface area contributed by atoms with Crippen molar-refractivity contribution in [1.82, 2.24) is 4.98 Å². The Morgan fingerprint density at radius 1 is 0.522 bits per heavy atom. The summed E-state index contributed by atoms with van der Waals surface area (Å²) in [6, 6.07) is 46.2. The third-order valence-electron chi connectivity index (χ3n) is 12.4. The van der Waals surface area contributed by atoms with Crippen molar-refractivity contribution in [3.05, 3.63) is 162 Å². The average molecular weight is 593 g/mol. The van der Waals surface area contributed by atoms with Crippen LogP contribution in [0.2, 0.25) is 0 Å². The van der Waals surface area contributed by atoms with E-state index in [1.165, 1.54) is 98.3 Å². The van der Waals surface area contributed by atoms with Crippen molar-refractivity contribution in [2.75, 3.05) is 4.90 Å². The van der Waals surface area contributed by atoms with Gasteiger partial charge in [-0.3, -0.25) is 4.98 Å². The van der Waals surface area contributed by atoms with Crippen LogP contribution in [-0.4, -0.2) is 10.5 Å². The van der Waals surface area contributed by atoms with Crippen LogP contribution in [0.5, 0.6) is 0 Å². The van der Waals surface area contributed by atoms with Crippen LogP contribution in [0.15, 0.2) is 134 Å². The molecule has 5 aromatic carbocycles. The fourth-order valence-corrected chi connectivity index (χ4v) is 10.1. The molecule has 0 bridgehead atoms. The molecule has 2 atom stereocenters. The van der Waals surface area contributed by atoms with Gasteiger partial charge in [0.1, 0.15) is 0 Å². The predicted molar refractivity (Wildman–Crippen MR) is 189 cm³/mol. The molecule has 6 aromatic rings. The van der Waals surface area contributed by atoms with Crippen LogP contribution in [0, 0.1) is 0 Å². The lowest BCUT2D eigenvalue weighted by Crippen LogP contribution is -2.54. The smallest absolute Gasteiger partial charge is 0.0725 e. The van der Waals surface area contributed by atoms with E-state index in [1.807, 2.05) is 12.4 Å². The third kappa shape index (κ3) is 3.05. The lowest BCUT2D eigenvalue weighted by Gasteiger charge is -2.50. The highest BCUT2D eigenvalue weighted by molar-refractivity contribution is 5.96. The molecule has 2 nitrogen and oxygen atoms in total. The Morgan fingerprint density at radius 2 is 1.04 bits per heavy atom. The standard InChI is InChI=1S/C44H36N2/c1-42-23-9-10-24-43(42,2)46(31-21-25-45-26-22-31)41-20-18-30(28-40(41)42)29-17-19-35-34-13-5-8-16-38(34)44(39(35)27-29)36-14-6-3-11-32(36)33-12-4-7-15-37(33)44/h3-8,11-22,25-28H,9-10,23-24H2,1-2H3. The quantitative estimate of drug-likeness (QED) is 0.198. The zero-order chi connectivity index (χ0) is 30.7. The minimum atomic E-state index is -0.322. The Hall–Kier alpha value is -4.95. The molecule has 1 saturated carbocycles. The maximum absolute atomic E-state index is 4.35. The molecule has 1 fully saturated rings. The summed E-state index contributed by atoms with van der Waals surface area (Å²) in [5, 5.41) is 0. The van der Waals surface area contributed by atoms with Gasteiger partial charge in [-0.05, 0) is 111 Å². The molecule has 2 heteroatoms. The van der Waals surface area contributed by atoms with E-state index in [0.717, 1.165) is 0 Å². The lowest BCUT2D eigenvalue weighted by molar-refractivity contribution is 0.195. The minimum Gasteiger partial charge on any atom is -0.334 e. The first-order valence-electron chi connectivity index (χ1n) is 16.8. The first kappa shape index (κ1) is 26.3. The molecular weight excluding hydrogens is 556 g/mol. The van der Waals surface area contributed by atoms with Gasteiger partial charge in [0.2, 0.25) is 0 Å². The van der Waals surface area contributed by atoms with Crippen LogP contribution >= 0.6 is 0 Å². The molecule has 2 heterocycles. The van der Waals surface area contributed by atoms with E-state index in [0.29, 0.717) is 0 Å². The van der Waals surface area contributed by atoms with Crippen LogP contribution in [0.25, 0.3) is 33.4 Å².